The number of methoxy groups -OCH3 is 1. The van der Waals surface area contributed by atoms with Crippen LogP contribution in [0.4, 0.5) is 11.5 Å². The van der Waals surface area contributed by atoms with E-state index < -0.39 is 0 Å². The molecule has 0 aliphatic heterocycles. The number of carbonyl (C=O) groups is 1. The molecule has 0 fully saturated rings. The van der Waals surface area contributed by atoms with E-state index in [2.05, 4.69) is 36.8 Å². The van der Waals surface area contributed by atoms with E-state index in [0.717, 1.165) is 16.6 Å². The summed E-state index contributed by atoms with van der Waals surface area (Å²) >= 11 is 3.38. The van der Waals surface area contributed by atoms with E-state index in [9.17, 15) is 4.79 Å². The second-order valence-electron chi connectivity index (χ2n) is 4.54. The molecule has 0 bridgehead atoms. The van der Waals surface area contributed by atoms with E-state index in [0.29, 0.717) is 24.7 Å². The number of nitrogens with zero attached hydrogens (tertiary/aromatic N) is 2. The van der Waals surface area contributed by atoms with Crippen LogP contribution in [0.2, 0.25) is 0 Å². The molecule has 0 aliphatic carbocycles. The van der Waals surface area contributed by atoms with Gasteiger partial charge in [-0.05, 0) is 42.8 Å². The molecule has 1 amide bonds. The lowest BCUT2D eigenvalue weighted by Crippen LogP contribution is -2.26. The normalized spacial score (nSPS) is 10.3. The Morgan fingerprint density at radius 3 is 2.59 bits per heavy atom. The lowest BCUT2D eigenvalue weighted by atomic mass is 10.3. The van der Waals surface area contributed by atoms with Crippen LogP contribution >= 0.6 is 15.9 Å². The van der Waals surface area contributed by atoms with Crippen molar-refractivity contribution in [3.05, 3.63) is 46.6 Å². The first kappa shape index (κ1) is 16.4. The van der Waals surface area contributed by atoms with Crippen molar-refractivity contribution in [3.8, 4) is 0 Å². The summed E-state index contributed by atoms with van der Waals surface area (Å²) in [7, 11) is 1.63. The average Bonchev–Trinajstić information content (AvgIpc) is 2.54. The molecule has 6 nitrogen and oxygen atoms in total. The van der Waals surface area contributed by atoms with E-state index in [1.807, 2.05) is 24.3 Å². The molecule has 0 unspecified atom stereocenters. The molecule has 1 aromatic carbocycles. The third-order valence-corrected chi connectivity index (χ3v) is 3.35. The number of halogens is 1. The summed E-state index contributed by atoms with van der Waals surface area (Å²) in [6.45, 7) is 1.16. The van der Waals surface area contributed by atoms with E-state index in [1.165, 1.54) is 0 Å². The van der Waals surface area contributed by atoms with Crippen LogP contribution in [0.1, 0.15) is 16.9 Å². The summed E-state index contributed by atoms with van der Waals surface area (Å²) in [4.78, 5) is 11.8. The molecule has 0 atom stereocenters. The van der Waals surface area contributed by atoms with Gasteiger partial charge in [-0.15, -0.1) is 10.2 Å². The highest BCUT2D eigenvalue weighted by molar-refractivity contribution is 9.10. The molecule has 0 spiro atoms. The van der Waals surface area contributed by atoms with Crippen molar-refractivity contribution in [3.63, 3.8) is 0 Å². The SMILES string of the molecule is COCCCNC(=O)c1ccc(Nc2ccc(Br)cc2)nn1. The van der Waals surface area contributed by atoms with Gasteiger partial charge in [0.15, 0.2) is 11.5 Å². The van der Waals surface area contributed by atoms with Crippen LogP contribution < -0.4 is 10.6 Å². The number of anilines is 2. The van der Waals surface area contributed by atoms with Crippen molar-refractivity contribution < 1.29 is 9.53 Å². The van der Waals surface area contributed by atoms with Crippen molar-refractivity contribution in [1.82, 2.24) is 15.5 Å². The summed E-state index contributed by atoms with van der Waals surface area (Å²) < 4.78 is 5.92. The minimum atomic E-state index is -0.237. The fourth-order valence-corrected chi connectivity index (χ4v) is 1.97. The Labute approximate surface area is 137 Å². The van der Waals surface area contributed by atoms with Gasteiger partial charge in [0.1, 0.15) is 0 Å². The van der Waals surface area contributed by atoms with Crippen molar-refractivity contribution in [2.45, 2.75) is 6.42 Å². The fourth-order valence-electron chi connectivity index (χ4n) is 1.71. The average molecular weight is 365 g/mol. The smallest absolute Gasteiger partial charge is 0.271 e. The van der Waals surface area contributed by atoms with Crippen LogP contribution in [0.25, 0.3) is 0 Å². The molecule has 2 N–H and O–H groups in total. The number of benzene rings is 1. The number of ether oxygens (including phenoxy) is 1. The molecule has 0 radical (unpaired) electrons. The third-order valence-electron chi connectivity index (χ3n) is 2.82. The van der Waals surface area contributed by atoms with Gasteiger partial charge < -0.3 is 15.4 Å². The monoisotopic (exact) mass is 364 g/mol. The highest BCUT2D eigenvalue weighted by Gasteiger charge is 2.07. The summed E-state index contributed by atoms with van der Waals surface area (Å²) in [5.41, 5.74) is 1.19. The molecule has 1 heterocycles. The van der Waals surface area contributed by atoms with Crippen LogP contribution in [-0.2, 0) is 4.74 Å². The Morgan fingerprint density at radius 1 is 1.18 bits per heavy atom. The van der Waals surface area contributed by atoms with E-state index >= 15 is 0 Å². The first-order valence-corrected chi connectivity index (χ1v) is 7.62. The van der Waals surface area contributed by atoms with Crippen LogP contribution in [-0.4, -0.2) is 36.4 Å². The lowest BCUT2D eigenvalue weighted by Gasteiger charge is -2.06. The third kappa shape index (κ3) is 5.09. The Morgan fingerprint density at radius 2 is 1.95 bits per heavy atom. The fraction of sp³-hybridized carbons (Fsp3) is 0.267. The number of aromatic nitrogens is 2. The van der Waals surface area contributed by atoms with E-state index in [4.69, 9.17) is 4.74 Å². The number of carbonyl (C=O) groups excluding carboxylic acids is 1. The highest BCUT2D eigenvalue weighted by atomic mass is 79.9. The Balaban J connectivity index is 1.89. The molecule has 0 saturated carbocycles. The van der Waals surface area contributed by atoms with E-state index in [-0.39, 0.29) is 5.91 Å². The van der Waals surface area contributed by atoms with Gasteiger partial charge in [-0.25, -0.2) is 0 Å². The number of rotatable bonds is 7. The summed E-state index contributed by atoms with van der Waals surface area (Å²) in [6.07, 6.45) is 0.763. The second kappa shape index (κ2) is 8.45. The van der Waals surface area contributed by atoms with Crippen LogP contribution in [0.15, 0.2) is 40.9 Å². The zero-order valence-corrected chi connectivity index (χ0v) is 13.8. The number of nitrogens with one attached hydrogen (secondary N) is 2. The maximum atomic E-state index is 11.8. The first-order chi connectivity index (χ1) is 10.7. The predicted molar refractivity (Wildman–Crippen MR) is 88.3 cm³/mol. The molecule has 0 saturated heterocycles. The topological polar surface area (TPSA) is 76.1 Å². The van der Waals surface area contributed by atoms with Crippen LogP contribution in [0.3, 0.4) is 0 Å². The molecular weight excluding hydrogens is 348 g/mol. The zero-order chi connectivity index (χ0) is 15.8. The van der Waals surface area contributed by atoms with Gasteiger partial charge in [-0.3, -0.25) is 4.79 Å². The van der Waals surface area contributed by atoms with Crippen LogP contribution in [0, 0.1) is 0 Å². The molecule has 2 rings (SSSR count). The Bertz CT molecular complexity index is 602. The first-order valence-electron chi connectivity index (χ1n) is 6.82. The summed E-state index contributed by atoms with van der Waals surface area (Å²) in [5.74, 6) is 0.344. The lowest BCUT2D eigenvalue weighted by molar-refractivity contribution is 0.0942. The van der Waals surface area contributed by atoms with E-state index in [1.54, 1.807) is 19.2 Å². The number of hydrogen-bond acceptors (Lipinski definition) is 5. The van der Waals surface area contributed by atoms with Gasteiger partial charge in [0.2, 0.25) is 0 Å². The maximum Gasteiger partial charge on any atom is 0.271 e. The van der Waals surface area contributed by atoms with Crippen molar-refractivity contribution >= 4 is 33.3 Å². The molecular formula is C15H17BrN4O2. The standard InChI is InChI=1S/C15H17BrN4O2/c1-22-10-2-9-17-15(21)13-7-8-14(20-19-13)18-12-5-3-11(16)4-6-12/h3-8H,2,9-10H2,1H3,(H,17,21)(H,18,20). The van der Waals surface area contributed by atoms with Gasteiger partial charge in [0.25, 0.3) is 5.91 Å². The molecule has 116 valence electrons. The van der Waals surface area contributed by atoms with Gasteiger partial charge in [0, 0.05) is 30.4 Å². The predicted octanol–water partition coefficient (Wildman–Crippen LogP) is 2.75. The molecule has 2 aromatic rings. The maximum absolute atomic E-state index is 11.8. The summed E-state index contributed by atoms with van der Waals surface area (Å²) in [5, 5.41) is 13.8. The number of hydrogen-bond donors (Lipinski definition) is 2. The second-order valence-corrected chi connectivity index (χ2v) is 5.45. The Hall–Kier alpha value is -1.99. The van der Waals surface area contributed by atoms with Gasteiger partial charge in [-0.1, -0.05) is 15.9 Å². The zero-order valence-electron chi connectivity index (χ0n) is 12.2. The molecule has 22 heavy (non-hydrogen) atoms. The van der Waals surface area contributed by atoms with Gasteiger partial charge >= 0.3 is 0 Å². The van der Waals surface area contributed by atoms with Crippen molar-refractivity contribution in [1.29, 1.82) is 0 Å². The Kier molecular flexibility index (Phi) is 6.29. The highest BCUT2D eigenvalue weighted by Crippen LogP contribution is 2.17. The minimum Gasteiger partial charge on any atom is -0.385 e. The largest absolute Gasteiger partial charge is 0.385 e. The van der Waals surface area contributed by atoms with Crippen LogP contribution in [0.5, 0.6) is 0 Å². The van der Waals surface area contributed by atoms with Gasteiger partial charge in [-0.2, -0.15) is 0 Å². The summed E-state index contributed by atoms with van der Waals surface area (Å²) in [6, 6.07) is 11.1. The van der Waals surface area contributed by atoms with Crippen molar-refractivity contribution in [2.75, 3.05) is 25.6 Å². The molecule has 1 aromatic heterocycles. The number of amides is 1. The minimum absolute atomic E-state index is 0.237. The quantitative estimate of drug-likeness (QED) is 0.738. The molecule has 7 heteroatoms. The van der Waals surface area contributed by atoms with Gasteiger partial charge in [0.05, 0.1) is 0 Å². The van der Waals surface area contributed by atoms with Crippen molar-refractivity contribution in [2.24, 2.45) is 0 Å². The molecule has 0 aliphatic rings.